The van der Waals surface area contributed by atoms with Gasteiger partial charge < -0.3 is 4.42 Å². The van der Waals surface area contributed by atoms with E-state index in [9.17, 15) is 0 Å². The molecule has 0 saturated heterocycles. The van der Waals surface area contributed by atoms with Crippen LogP contribution in [0.2, 0.25) is 0 Å². The van der Waals surface area contributed by atoms with Gasteiger partial charge in [-0.15, -0.1) is 38.2 Å². The first kappa shape index (κ1) is 40.8. The standard InChI is InChI=1S/C46H13B15O/c47-32-25-23(18-13-12-16(14-6-1-2-7-15(14)18)17-9-5-11-21-22(17)19-8-3-4-10-20(19)62-21)26-28(36(51)44(59)42(57)33(26)48)24(27(25)35(50)43(58)41(32)56)29-30-31(38(53)40(55)34(29)49)39(54)46(61)45(60)37(30)52/h1-13H. The van der Waals surface area contributed by atoms with Gasteiger partial charge in [-0.1, -0.05) is 110 Å². The smallest absolute Gasteiger partial charge is 0.136 e. The van der Waals surface area contributed by atoms with Gasteiger partial charge in [-0.25, -0.2) is 0 Å². The van der Waals surface area contributed by atoms with Gasteiger partial charge in [0.15, 0.2) is 0 Å². The van der Waals surface area contributed by atoms with Gasteiger partial charge in [0.05, 0.1) is 0 Å². The molecule has 0 aliphatic rings. The van der Waals surface area contributed by atoms with Crippen molar-refractivity contribution in [2.24, 2.45) is 0 Å². The summed E-state index contributed by atoms with van der Waals surface area (Å²) in [4.78, 5) is 0. The zero-order chi connectivity index (χ0) is 44.0. The molecule has 0 bridgehead atoms. The fourth-order valence-electron chi connectivity index (χ4n) is 9.39. The molecule has 62 heavy (non-hydrogen) atoms. The second-order valence-electron chi connectivity index (χ2n) is 15.6. The van der Waals surface area contributed by atoms with Crippen LogP contribution in [0, 0.1) is 0 Å². The molecule has 10 aromatic rings. The molecule has 1 nitrogen and oxygen atoms in total. The molecule has 1 aromatic heterocycles. The van der Waals surface area contributed by atoms with Crippen LogP contribution in [-0.2, 0) is 0 Å². The third-order valence-corrected chi connectivity index (χ3v) is 12.5. The fourth-order valence-corrected chi connectivity index (χ4v) is 9.39. The SMILES string of the molecule is [B]c1c([B])c([B])c2c(-c3c4c([B])c([B])c([B])c([B])c4c(-c4ccc(-c5cccc6oc7ccccc7c56)c5ccccc45)c4c([B])c([B])c([B])c([B])c34)c([B])c([B])c([B])c2c1[B]. The van der Waals surface area contributed by atoms with Crippen molar-refractivity contribution in [2.75, 3.05) is 0 Å². The first-order valence-corrected chi connectivity index (χ1v) is 19.3. The van der Waals surface area contributed by atoms with Gasteiger partial charge in [-0.3, -0.25) is 0 Å². The van der Waals surface area contributed by atoms with E-state index in [0.29, 0.717) is 21.9 Å². The van der Waals surface area contributed by atoms with E-state index >= 15 is 0 Å². The number of rotatable bonds is 3. The van der Waals surface area contributed by atoms with Crippen molar-refractivity contribution in [3.05, 3.63) is 78.9 Å². The summed E-state index contributed by atoms with van der Waals surface area (Å²) in [6.45, 7) is 0. The van der Waals surface area contributed by atoms with E-state index in [1.54, 1.807) is 0 Å². The average Bonchev–Trinajstić information content (AvgIpc) is 3.67. The maximum absolute atomic E-state index is 7.14. The monoisotopic (exact) mass is 746 g/mol. The van der Waals surface area contributed by atoms with Crippen molar-refractivity contribution in [1.29, 1.82) is 0 Å². The molecule has 10 rings (SSSR count). The topological polar surface area (TPSA) is 13.1 Å². The molecule has 30 radical (unpaired) electrons. The van der Waals surface area contributed by atoms with E-state index in [2.05, 4.69) is 6.07 Å². The summed E-state index contributed by atoms with van der Waals surface area (Å²) in [7, 11) is 102. The Kier molecular flexibility index (Phi) is 9.50. The van der Waals surface area contributed by atoms with Crippen molar-refractivity contribution in [3.8, 4) is 33.4 Å². The Morgan fingerprint density at radius 3 is 1.11 bits per heavy atom. The van der Waals surface area contributed by atoms with Gasteiger partial charge in [-0.05, 0) is 88.6 Å². The number of furan rings is 1. The van der Waals surface area contributed by atoms with E-state index in [4.69, 9.17) is 122 Å². The van der Waals surface area contributed by atoms with E-state index in [0.717, 1.165) is 43.8 Å². The average molecular weight is 744 g/mol. The highest BCUT2D eigenvalue weighted by molar-refractivity contribution is 6.75. The van der Waals surface area contributed by atoms with E-state index < -0.39 is 0 Å². The molecule has 0 unspecified atom stereocenters. The molecular weight excluding hydrogens is 731 g/mol. The number of hydrogen-bond acceptors (Lipinski definition) is 1. The maximum atomic E-state index is 7.14. The summed E-state index contributed by atoms with van der Waals surface area (Å²) in [6.07, 6.45) is 0. The summed E-state index contributed by atoms with van der Waals surface area (Å²) in [5.41, 5.74) is 5.09. The molecule has 16 heteroatoms. The van der Waals surface area contributed by atoms with E-state index in [1.165, 1.54) is 0 Å². The molecular formula is C46H13B15O. The number of hydrogen-bond donors (Lipinski definition) is 0. The van der Waals surface area contributed by atoms with Crippen molar-refractivity contribution in [1.82, 2.24) is 0 Å². The van der Waals surface area contributed by atoms with Crippen LogP contribution in [0.25, 0.3) is 98.4 Å². The molecule has 0 spiro atoms. The summed E-state index contributed by atoms with van der Waals surface area (Å²) < 4.78 is 6.28. The molecule has 0 saturated carbocycles. The molecule has 9 aromatic carbocycles. The van der Waals surface area contributed by atoms with Crippen molar-refractivity contribution < 1.29 is 4.42 Å². The third kappa shape index (κ3) is 5.37. The van der Waals surface area contributed by atoms with Crippen LogP contribution in [0.1, 0.15) is 0 Å². The van der Waals surface area contributed by atoms with Gasteiger partial charge in [0.25, 0.3) is 0 Å². The summed E-state index contributed by atoms with van der Waals surface area (Å²) in [5, 5.41) is 5.23. The molecule has 0 fully saturated rings. The lowest BCUT2D eigenvalue weighted by atomic mass is 9.56. The van der Waals surface area contributed by atoms with Crippen molar-refractivity contribution in [2.45, 2.75) is 0 Å². The summed E-state index contributed by atoms with van der Waals surface area (Å²) >= 11 is 0. The molecule has 0 aliphatic heterocycles. The second kappa shape index (κ2) is 14.4. The Hall–Kier alpha value is -5.21. The lowest BCUT2D eigenvalue weighted by molar-refractivity contribution is 0.669. The van der Waals surface area contributed by atoms with Crippen LogP contribution in [0.4, 0.5) is 0 Å². The number of para-hydroxylation sites is 1. The van der Waals surface area contributed by atoms with Gasteiger partial charge in [0.1, 0.15) is 129 Å². The summed E-state index contributed by atoms with van der Waals surface area (Å²) in [5.74, 6) is 0. The Balaban J connectivity index is 1.47. The number of benzene rings is 9. The predicted octanol–water partition coefficient (Wildman–Crippen LogP) is -4.89. The van der Waals surface area contributed by atoms with Crippen LogP contribution in [0.3, 0.4) is 0 Å². The minimum atomic E-state index is -0.0416. The maximum Gasteiger partial charge on any atom is 0.136 e. The van der Waals surface area contributed by atoms with Gasteiger partial charge in [-0.2, -0.15) is 0 Å². The first-order chi connectivity index (χ1) is 29.6. The normalized spacial score (nSPS) is 11.9. The zero-order valence-corrected chi connectivity index (χ0v) is 33.1. The van der Waals surface area contributed by atoms with E-state index in [-0.39, 0.29) is 115 Å². The molecule has 0 amide bonds. The summed E-state index contributed by atoms with van der Waals surface area (Å²) in [6, 6.07) is 25.9. The molecule has 0 atom stereocenters. The van der Waals surface area contributed by atoms with Crippen LogP contribution in [0.15, 0.2) is 83.3 Å². The molecule has 1 heterocycles. The highest BCUT2D eigenvalue weighted by atomic mass is 16.3. The van der Waals surface area contributed by atoms with Gasteiger partial charge in [0.2, 0.25) is 0 Å². The van der Waals surface area contributed by atoms with Crippen LogP contribution >= 0.6 is 0 Å². The minimum absolute atomic E-state index is 0.00241. The van der Waals surface area contributed by atoms with Crippen LogP contribution < -0.4 is 81.9 Å². The Labute approximate surface area is 379 Å². The van der Waals surface area contributed by atoms with E-state index in [1.807, 2.05) is 72.8 Å². The second-order valence-corrected chi connectivity index (χ2v) is 15.6. The highest BCUT2D eigenvalue weighted by Gasteiger charge is 2.29. The van der Waals surface area contributed by atoms with Gasteiger partial charge in [0, 0.05) is 10.8 Å². The third-order valence-electron chi connectivity index (χ3n) is 12.5. The van der Waals surface area contributed by atoms with Crippen LogP contribution in [0.5, 0.6) is 0 Å². The fraction of sp³-hybridized carbons (Fsp3) is 0. The minimum Gasteiger partial charge on any atom is -0.456 e. The first-order valence-electron chi connectivity index (χ1n) is 19.3. The molecule has 0 aliphatic carbocycles. The Bertz CT molecular complexity index is 3620. The Morgan fingerprint density at radius 1 is 0.226 bits per heavy atom. The Morgan fingerprint density at radius 2 is 0.597 bits per heavy atom. The predicted molar refractivity (Wildman–Crippen MR) is 281 cm³/mol. The van der Waals surface area contributed by atoms with Crippen molar-refractivity contribution in [3.63, 3.8) is 0 Å². The lowest BCUT2D eigenvalue weighted by Gasteiger charge is -2.32. The van der Waals surface area contributed by atoms with Crippen LogP contribution in [-0.4, -0.2) is 118 Å². The highest BCUT2D eigenvalue weighted by Crippen LogP contribution is 2.46. The number of fused-ring (bicyclic) bond motifs is 7. The van der Waals surface area contributed by atoms with Gasteiger partial charge >= 0.3 is 0 Å². The molecule has 0 N–H and O–H groups in total. The lowest BCUT2D eigenvalue weighted by Crippen LogP contribution is -2.53. The molecule has 248 valence electrons. The largest absolute Gasteiger partial charge is 0.456 e. The zero-order valence-electron chi connectivity index (χ0n) is 33.1. The quantitative estimate of drug-likeness (QED) is 0.131. The van der Waals surface area contributed by atoms with Crippen molar-refractivity contribution >= 4 is 265 Å².